The number of ether oxygens (including phenoxy) is 2. The minimum absolute atomic E-state index is 0.227. The quantitative estimate of drug-likeness (QED) is 0.428. The van der Waals surface area contributed by atoms with Crippen LogP contribution in [0.4, 0.5) is 0 Å². The van der Waals surface area contributed by atoms with E-state index in [1.165, 1.54) is 6.21 Å². The van der Waals surface area contributed by atoms with Crippen molar-refractivity contribution < 1.29 is 24.2 Å². The van der Waals surface area contributed by atoms with E-state index in [9.17, 15) is 9.59 Å². The lowest BCUT2D eigenvalue weighted by molar-refractivity contribution is -0.139. The maximum Gasteiger partial charge on any atom is 0.341 e. The number of carboxylic acids is 1. The van der Waals surface area contributed by atoms with E-state index in [-0.39, 0.29) is 6.61 Å². The van der Waals surface area contributed by atoms with Gasteiger partial charge in [0.15, 0.2) is 13.2 Å². The second kappa shape index (κ2) is 10.1. The van der Waals surface area contributed by atoms with Crippen LogP contribution in [-0.4, -0.2) is 36.4 Å². The number of carboxylic acid groups (broad SMARTS) is 1. The summed E-state index contributed by atoms with van der Waals surface area (Å²) in [6.45, 7) is 1.25. The van der Waals surface area contributed by atoms with Crippen LogP contribution in [0, 0.1) is 6.92 Å². The highest BCUT2D eigenvalue weighted by Gasteiger charge is 2.10. The molecule has 2 N–H and O–H groups in total. The van der Waals surface area contributed by atoms with Gasteiger partial charge in [0.2, 0.25) is 0 Å². The number of hydrogen-bond acceptors (Lipinski definition) is 5. The van der Waals surface area contributed by atoms with Crippen LogP contribution in [0.5, 0.6) is 11.5 Å². The largest absolute Gasteiger partial charge is 0.481 e. The topological polar surface area (TPSA) is 97.2 Å². The first kappa shape index (κ1) is 20.9. The molecule has 0 atom stereocenters. The van der Waals surface area contributed by atoms with Crippen LogP contribution in [0.3, 0.4) is 0 Å². The van der Waals surface area contributed by atoms with Crippen LogP contribution < -0.4 is 14.9 Å². The van der Waals surface area contributed by atoms with E-state index in [1.54, 1.807) is 24.3 Å². The van der Waals surface area contributed by atoms with Crippen molar-refractivity contribution in [3.05, 3.63) is 56.5 Å². The first-order valence-electron chi connectivity index (χ1n) is 7.71. The summed E-state index contributed by atoms with van der Waals surface area (Å²) < 4.78 is 12.1. The summed E-state index contributed by atoms with van der Waals surface area (Å²) in [5.74, 6) is -0.663. The molecule has 0 unspecified atom stereocenters. The van der Waals surface area contributed by atoms with Gasteiger partial charge in [0.1, 0.15) is 11.5 Å². The molecule has 0 aromatic heterocycles. The van der Waals surface area contributed by atoms with Gasteiger partial charge in [0.05, 0.1) is 15.2 Å². The summed E-state index contributed by atoms with van der Waals surface area (Å²) >= 11 is 6.78. The molecule has 9 heteroatoms. The SMILES string of the molecule is Cc1cc(Br)c(OCC(=O)N/N=C\c2ccccc2OCC(=O)O)c(Br)c1. The molecule has 0 aliphatic heterocycles. The number of halogens is 2. The average molecular weight is 500 g/mol. The number of benzene rings is 2. The van der Waals surface area contributed by atoms with Crippen molar-refractivity contribution in [2.45, 2.75) is 6.92 Å². The lowest BCUT2D eigenvalue weighted by atomic mass is 10.2. The molecule has 27 heavy (non-hydrogen) atoms. The lowest BCUT2D eigenvalue weighted by Crippen LogP contribution is -2.24. The van der Waals surface area contributed by atoms with Crippen molar-refractivity contribution in [2.75, 3.05) is 13.2 Å². The number of nitrogens with zero attached hydrogens (tertiary/aromatic N) is 1. The van der Waals surface area contributed by atoms with E-state index >= 15 is 0 Å². The standard InChI is InChI=1S/C18H16Br2N2O5/c1-11-6-13(19)18(14(20)7-11)27-9-16(23)22-21-8-12-4-2-3-5-15(12)26-10-17(24)25/h2-8H,9-10H2,1H3,(H,22,23)(H,24,25)/b21-8-. The van der Waals surface area contributed by atoms with Gasteiger partial charge < -0.3 is 14.6 Å². The fraction of sp³-hybridized carbons (Fsp3) is 0.167. The molecular weight excluding hydrogens is 484 g/mol. The van der Waals surface area contributed by atoms with Gasteiger partial charge in [0.25, 0.3) is 5.91 Å². The van der Waals surface area contributed by atoms with Gasteiger partial charge >= 0.3 is 5.97 Å². The van der Waals surface area contributed by atoms with E-state index in [0.29, 0.717) is 17.1 Å². The number of aliphatic carboxylic acids is 1. The molecule has 0 aliphatic carbocycles. The summed E-state index contributed by atoms with van der Waals surface area (Å²) in [5.41, 5.74) is 3.92. The van der Waals surface area contributed by atoms with Gasteiger partial charge in [-0.15, -0.1) is 0 Å². The van der Waals surface area contributed by atoms with E-state index in [0.717, 1.165) is 14.5 Å². The molecule has 0 saturated heterocycles. The number of para-hydroxylation sites is 1. The summed E-state index contributed by atoms with van der Waals surface area (Å²) in [6.07, 6.45) is 1.37. The Balaban J connectivity index is 1.92. The molecule has 0 saturated carbocycles. The van der Waals surface area contributed by atoms with Gasteiger partial charge in [-0.1, -0.05) is 12.1 Å². The van der Waals surface area contributed by atoms with Crippen LogP contribution in [0.1, 0.15) is 11.1 Å². The van der Waals surface area contributed by atoms with E-state index in [2.05, 4.69) is 42.4 Å². The molecule has 0 spiro atoms. The monoisotopic (exact) mass is 498 g/mol. The first-order valence-corrected chi connectivity index (χ1v) is 9.29. The molecule has 0 bridgehead atoms. The van der Waals surface area contributed by atoms with E-state index in [4.69, 9.17) is 14.6 Å². The van der Waals surface area contributed by atoms with Crippen molar-refractivity contribution >= 4 is 50.0 Å². The third-order valence-corrected chi connectivity index (χ3v) is 4.33. The highest BCUT2D eigenvalue weighted by Crippen LogP contribution is 2.34. The predicted octanol–water partition coefficient (Wildman–Crippen LogP) is 3.51. The molecule has 1 amide bonds. The van der Waals surface area contributed by atoms with Gasteiger partial charge in [0, 0.05) is 5.56 Å². The molecule has 0 aliphatic rings. The zero-order valence-electron chi connectivity index (χ0n) is 14.2. The number of hydrogen-bond donors (Lipinski definition) is 2. The van der Waals surface area contributed by atoms with E-state index in [1.807, 2.05) is 19.1 Å². The van der Waals surface area contributed by atoms with Crippen LogP contribution >= 0.6 is 31.9 Å². The Kier molecular flexibility index (Phi) is 7.81. The minimum Gasteiger partial charge on any atom is -0.481 e. The van der Waals surface area contributed by atoms with E-state index < -0.39 is 18.5 Å². The summed E-state index contributed by atoms with van der Waals surface area (Å²) in [4.78, 5) is 22.5. The highest BCUT2D eigenvalue weighted by molar-refractivity contribution is 9.11. The first-order chi connectivity index (χ1) is 12.9. The van der Waals surface area contributed by atoms with Crippen LogP contribution in [0.2, 0.25) is 0 Å². The second-order valence-electron chi connectivity index (χ2n) is 5.36. The zero-order valence-corrected chi connectivity index (χ0v) is 17.4. The molecule has 0 fully saturated rings. The fourth-order valence-corrected chi connectivity index (χ4v) is 3.67. The number of carbonyl (C=O) groups excluding carboxylic acids is 1. The smallest absolute Gasteiger partial charge is 0.341 e. The van der Waals surface area contributed by atoms with Crippen LogP contribution in [0.25, 0.3) is 0 Å². The molecule has 7 nitrogen and oxygen atoms in total. The Hall–Kier alpha value is -2.39. The number of carbonyl (C=O) groups is 2. The number of rotatable bonds is 8. The van der Waals surface area contributed by atoms with Crippen LogP contribution in [0.15, 0.2) is 50.4 Å². The van der Waals surface area contributed by atoms with Crippen molar-refractivity contribution in [3.8, 4) is 11.5 Å². The Morgan fingerprint density at radius 2 is 1.81 bits per heavy atom. The normalized spacial score (nSPS) is 10.6. The van der Waals surface area contributed by atoms with Gasteiger partial charge in [-0.3, -0.25) is 4.79 Å². The number of hydrazone groups is 1. The third-order valence-electron chi connectivity index (χ3n) is 3.15. The molecule has 2 aromatic rings. The Bertz CT molecular complexity index is 848. The Labute approximate surface area is 172 Å². The Morgan fingerprint density at radius 3 is 2.48 bits per heavy atom. The highest BCUT2D eigenvalue weighted by atomic mass is 79.9. The number of nitrogens with one attached hydrogen (secondary N) is 1. The van der Waals surface area contributed by atoms with Gasteiger partial charge in [-0.2, -0.15) is 5.10 Å². The second-order valence-corrected chi connectivity index (χ2v) is 7.07. The summed E-state index contributed by atoms with van der Waals surface area (Å²) in [6, 6.07) is 10.5. The fourth-order valence-electron chi connectivity index (χ4n) is 2.03. The molecular formula is C18H16Br2N2O5. The van der Waals surface area contributed by atoms with Crippen molar-refractivity contribution in [3.63, 3.8) is 0 Å². The molecule has 2 rings (SSSR count). The average Bonchev–Trinajstić information content (AvgIpc) is 2.60. The maximum atomic E-state index is 11.9. The summed E-state index contributed by atoms with van der Waals surface area (Å²) in [7, 11) is 0. The zero-order chi connectivity index (χ0) is 19.8. The van der Waals surface area contributed by atoms with Crippen LogP contribution in [-0.2, 0) is 9.59 Å². The van der Waals surface area contributed by atoms with Gasteiger partial charge in [-0.05, 0) is 68.6 Å². The van der Waals surface area contributed by atoms with Gasteiger partial charge in [-0.25, -0.2) is 10.2 Å². The molecule has 0 heterocycles. The summed E-state index contributed by atoms with van der Waals surface area (Å²) in [5, 5.41) is 12.5. The Morgan fingerprint density at radius 1 is 1.15 bits per heavy atom. The van der Waals surface area contributed by atoms with Crippen molar-refractivity contribution in [2.24, 2.45) is 5.10 Å². The third kappa shape index (κ3) is 6.69. The maximum absolute atomic E-state index is 11.9. The lowest BCUT2D eigenvalue weighted by Gasteiger charge is -2.10. The predicted molar refractivity (Wildman–Crippen MR) is 107 cm³/mol. The van der Waals surface area contributed by atoms with Crippen molar-refractivity contribution in [1.82, 2.24) is 5.43 Å². The minimum atomic E-state index is -1.08. The molecule has 142 valence electrons. The number of aryl methyl sites for hydroxylation is 1. The van der Waals surface area contributed by atoms with Crippen molar-refractivity contribution in [1.29, 1.82) is 0 Å². The molecule has 2 aromatic carbocycles. The number of amides is 1. The molecule has 0 radical (unpaired) electrons.